The molecule has 0 aliphatic rings. The highest BCUT2D eigenvalue weighted by Gasteiger charge is 2.43. The second kappa shape index (κ2) is 3.64. The molecule has 78 valence electrons. The Labute approximate surface area is 79.7 Å². The highest BCUT2D eigenvalue weighted by atomic mass is 19.1. The van der Waals surface area contributed by atoms with Gasteiger partial charge in [-0.3, -0.25) is 4.79 Å². The summed E-state index contributed by atoms with van der Waals surface area (Å²) in [5, 5.41) is 0. The Balaban J connectivity index is 4.73. The number of carbonyl (C=O) groups excluding carboxylic acids is 1. The van der Waals surface area contributed by atoms with Crippen LogP contribution in [0.3, 0.4) is 0 Å². The second-order valence-corrected chi connectivity index (χ2v) is 5.12. The van der Waals surface area contributed by atoms with Crippen molar-refractivity contribution >= 4 is 5.91 Å². The Morgan fingerprint density at radius 1 is 1.38 bits per heavy atom. The van der Waals surface area contributed by atoms with Crippen molar-refractivity contribution in [3.63, 3.8) is 0 Å². The predicted octanol–water partition coefficient (Wildman–Crippen LogP) is 2.27. The maximum atomic E-state index is 14.1. The standard InChI is InChI=1S/C10H20FNO/c1-7(2)10(11,8(12)13)6-9(3,4)5/h7H,6H2,1-5H3,(H2,12,13). The molecule has 0 aromatic heterocycles. The number of primary amides is 1. The van der Waals surface area contributed by atoms with Crippen molar-refractivity contribution in [3.8, 4) is 0 Å². The second-order valence-electron chi connectivity index (χ2n) is 5.12. The molecular formula is C10H20FNO. The number of alkyl halides is 1. The van der Waals surface area contributed by atoms with Crippen LogP contribution in [0.4, 0.5) is 4.39 Å². The molecule has 0 aromatic rings. The highest BCUT2D eigenvalue weighted by molar-refractivity contribution is 5.83. The molecule has 0 bridgehead atoms. The molecule has 0 aromatic carbocycles. The van der Waals surface area contributed by atoms with Gasteiger partial charge in [-0.05, 0) is 17.8 Å². The lowest BCUT2D eigenvalue weighted by molar-refractivity contribution is -0.134. The summed E-state index contributed by atoms with van der Waals surface area (Å²) in [4.78, 5) is 11.0. The number of carbonyl (C=O) groups is 1. The van der Waals surface area contributed by atoms with Gasteiger partial charge in [0.05, 0.1) is 0 Å². The summed E-state index contributed by atoms with van der Waals surface area (Å²) in [6.07, 6.45) is 0.174. The molecule has 0 spiro atoms. The third kappa shape index (κ3) is 3.33. The van der Waals surface area contributed by atoms with Crippen LogP contribution in [0.2, 0.25) is 0 Å². The molecule has 0 rings (SSSR count). The molecule has 0 fully saturated rings. The van der Waals surface area contributed by atoms with Gasteiger partial charge in [0.15, 0.2) is 5.67 Å². The topological polar surface area (TPSA) is 43.1 Å². The fraction of sp³-hybridized carbons (Fsp3) is 0.900. The third-order valence-electron chi connectivity index (χ3n) is 2.11. The van der Waals surface area contributed by atoms with Crippen molar-refractivity contribution in [3.05, 3.63) is 0 Å². The molecular weight excluding hydrogens is 169 g/mol. The van der Waals surface area contributed by atoms with Gasteiger partial charge in [-0.1, -0.05) is 34.6 Å². The maximum absolute atomic E-state index is 14.1. The number of hydrogen-bond acceptors (Lipinski definition) is 1. The molecule has 2 N–H and O–H groups in total. The first kappa shape index (κ1) is 12.4. The molecule has 2 nitrogen and oxygen atoms in total. The fourth-order valence-corrected chi connectivity index (χ4v) is 1.35. The molecule has 1 unspecified atom stereocenters. The van der Waals surface area contributed by atoms with Gasteiger partial charge in [0.2, 0.25) is 0 Å². The Kier molecular flexibility index (Phi) is 3.47. The fourth-order valence-electron chi connectivity index (χ4n) is 1.35. The quantitative estimate of drug-likeness (QED) is 0.727. The van der Waals surface area contributed by atoms with Gasteiger partial charge in [-0.2, -0.15) is 0 Å². The molecule has 0 aliphatic carbocycles. The normalized spacial score (nSPS) is 17.2. The Morgan fingerprint density at radius 3 is 1.85 bits per heavy atom. The smallest absolute Gasteiger partial charge is 0.255 e. The van der Waals surface area contributed by atoms with E-state index in [9.17, 15) is 9.18 Å². The minimum atomic E-state index is -1.88. The molecule has 0 saturated carbocycles. The first-order valence-electron chi connectivity index (χ1n) is 4.58. The number of rotatable bonds is 3. The molecule has 3 heteroatoms. The molecule has 13 heavy (non-hydrogen) atoms. The minimum absolute atomic E-state index is 0.174. The summed E-state index contributed by atoms with van der Waals surface area (Å²) in [6, 6.07) is 0. The average Bonchev–Trinajstić information content (AvgIpc) is 1.82. The summed E-state index contributed by atoms with van der Waals surface area (Å²) >= 11 is 0. The zero-order chi connectivity index (χ0) is 10.9. The van der Waals surface area contributed by atoms with Crippen LogP contribution in [0.15, 0.2) is 0 Å². The van der Waals surface area contributed by atoms with E-state index in [-0.39, 0.29) is 17.8 Å². The van der Waals surface area contributed by atoms with E-state index in [1.54, 1.807) is 13.8 Å². The number of amides is 1. The van der Waals surface area contributed by atoms with E-state index in [1.807, 2.05) is 20.8 Å². The Morgan fingerprint density at radius 2 is 1.77 bits per heavy atom. The van der Waals surface area contributed by atoms with Crippen LogP contribution in [0.1, 0.15) is 41.0 Å². The van der Waals surface area contributed by atoms with Gasteiger partial charge in [0.25, 0.3) is 5.91 Å². The third-order valence-corrected chi connectivity index (χ3v) is 2.11. The monoisotopic (exact) mass is 189 g/mol. The summed E-state index contributed by atoms with van der Waals surface area (Å²) < 4.78 is 14.1. The molecule has 0 aliphatic heterocycles. The van der Waals surface area contributed by atoms with E-state index in [1.165, 1.54) is 0 Å². The lowest BCUT2D eigenvalue weighted by atomic mass is 9.77. The SMILES string of the molecule is CC(C)C(F)(CC(C)(C)C)C(N)=O. The van der Waals surface area contributed by atoms with E-state index in [2.05, 4.69) is 0 Å². The molecule has 1 atom stereocenters. The summed E-state index contributed by atoms with van der Waals surface area (Å²) in [6.45, 7) is 9.04. The van der Waals surface area contributed by atoms with Crippen LogP contribution < -0.4 is 5.73 Å². The van der Waals surface area contributed by atoms with Crippen LogP contribution in [-0.2, 0) is 4.79 Å². The number of nitrogens with two attached hydrogens (primary N) is 1. The first-order chi connectivity index (χ1) is 5.59. The van der Waals surface area contributed by atoms with Gasteiger partial charge < -0.3 is 5.73 Å². The largest absolute Gasteiger partial charge is 0.367 e. The summed E-state index contributed by atoms with van der Waals surface area (Å²) in [7, 11) is 0. The van der Waals surface area contributed by atoms with Crippen LogP contribution >= 0.6 is 0 Å². The Bertz CT molecular complexity index is 196. The zero-order valence-corrected chi connectivity index (χ0v) is 9.15. The average molecular weight is 189 g/mol. The van der Waals surface area contributed by atoms with Gasteiger partial charge in [0, 0.05) is 0 Å². The van der Waals surface area contributed by atoms with E-state index < -0.39 is 11.6 Å². The van der Waals surface area contributed by atoms with Gasteiger partial charge >= 0.3 is 0 Å². The highest BCUT2D eigenvalue weighted by Crippen LogP contribution is 2.35. The van der Waals surface area contributed by atoms with Gasteiger partial charge in [-0.15, -0.1) is 0 Å². The van der Waals surface area contributed by atoms with E-state index >= 15 is 0 Å². The maximum Gasteiger partial charge on any atom is 0.255 e. The Hall–Kier alpha value is -0.600. The van der Waals surface area contributed by atoms with Crippen molar-refractivity contribution in [2.24, 2.45) is 17.1 Å². The van der Waals surface area contributed by atoms with E-state index in [0.29, 0.717) is 0 Å². The number of hydrogen-bond donors (Lipinski definition) is 1. The van der Waals surface area contributed by atoms with Crippen molar-refractivity contribution in [1.29, 1.82) is 0 Å². The zero-order valence-electron chi connectivity index (χ0n) is 9.15. The van der Waals surface area contributed by atoms with Gasteiger partial charge in [0.1, 0.15) is 0 Å². The van der Waals surface area contributed by atoms with Crippen molar-refractivity contribution in [1.82, 2.24) is 0 Å². The summed E-state index contributed by atoms with van der Waals surface area (Å²) in [5.41, 5.74) is 2.96. The molecule has 0 saturated heterocycles. The molecule has 0 heterocycles. The van der Waals surface area contributed by atoms with Crippen LogP contribution in [0.5, 0.6) is 0 Å². The lowest BCUT2D eigenvalue weighted by Crippen LogP contribution is -2.46. The van der Waals surface area contributed by atoms with Gasteiger partial charge in [-0.25, -0.2) is 4.39 Å². The van der Waals surface area contributed by atoms with Crippen molar-refractivity contribution in [2.75, 3.05) is 0 Å². The van der Waals surface area contributed by atoms with Crippen molar-refractivity contribution in [2.45, 2.75) is 46.7 Å². The van der Waals surface area contributed by atoms with E-state index in [4.69, 9.17) is 5.73 Å². The van der Waals surface area contributed by atoms with Crippen LogP contribution in [0, 0.1) is 11.3 Å². The van der Waals surface area contributed by atoms with Crippen LogP contribution in [0.25, 0.3) is 0 Å². The van der Waals surface area contributed by atoms with Crippen molar-refractivity contribution < 1.29 is 9.18 Å². The minimum Gasteiger partial charge on any atom is -0.367 e. The first-order valence-corrected chi connectivity index (χ1v) is 4.58. The molecule has 1 amide bonds. The lowest BCUT2D eigenvalue weighted by Gasteiger charge is -2.32. The van der Waals surface area contributed by atoms with Crippen LogP contribution in [-0.4, -0.2) is 11.6 Å². The van der Waals surface area contributed by atoms with E-state index in [0.717, 1.165) is 0 Å². The predicted molar refractivity (Wildman–Crippen MR) is 51.9 cm³/mol. The summed E-state index contributed by atoms with van der Waals surface area (Å²) in [5.74, 6) is -1.22. The number of halogens is 1. The molecule has 0 radical (unpaired) electrons.